The van der Waals surface area contributed by atoms with Crippen molar-refractivity contribution in [2.75, 3.05) is 46.4 Å². The summed E-state index contributed by atoms with van der Waals surface area (Å²) in [5, 5.41) is 8.74. The van der Waals surface area contributed by atoms with Crippen LogP contribution in [-0.4, -0.2) is 56.2 Å². The van der Waals surface area contributed by atoms with Crippen molar-refractivity contribution in [3.05, 3.63) is 58.1 Å². The van der Waals surface area contributed by atoms with Crippen molar-refractivity contribution in [1.29, 1.82) is 5.26 Å². The fourth-order valence-corrected chi connectivity index (χ4v) is 4.16. The Kier molecular flexibility index (Phi) is 8.36. The van der Waals surface area contributed by atoms with E-state index in [4.69, 9.17) is 14.7 Å². The number of hydrogen-bond acceptors (Lipinski definition) is 5. The van der Waals surface area contributed by atoms with E-state index in [1.54, 1.807) is 7.11 Å². The van der Waals surface area contributed by atoms with Gasteiger partial charge in [-0.05, 0) is 39.2 Å². The largest absolute Gasteiger partial charge is 0.493 e. The molecule has 0 atom stereocenters. The van der Waals surface area contributed by atoms with Crippen LogP contribution in [-0.2, 0) is 13.0 Å². The molecule has 1 fully saturated rings. The molecule has 0 N–H and O–H groups in total. The summed E-state index contributed by atoms with van der Waals surface area (Å²) >= 11 is 3.67. The van der Waals surface area contributed by atoms with E-state index in [0.717, 1.165) is 61.7 Å². The minimum atomic E-state index is 0.600. The molecule has 2 aromatic carbocycles. The molecular formula is C23H28BrN3O2. The Hall–Kier alpha value is -2.07. The summed E-state index contributed by atoms with van der Waals surface area (Å²) < 4.78 is 12.6. The van der Waals surface area contributed by atoms with Gasteiger partial charge in [0.05, 0.1) is 24.3 Å². The molecule has 0 amide bonds. The molecule has 2 aromatic rings. The van der Waals surface area contributed by atoms with Crippen LogP contribution in [0.1, 0.15) is 17.5 Å². The molecule has 1 heterocycles. The Balaban J connectivity index is 1.56. The predicted octanol–water partition coefficient (Wildman–Crippen LogP) is 4.11. The summed E-state index contributed by atoms with van der Waals surface area (Å²) in [7, 11) is 1.68. The first-order valence-corrected chi connectivity index (χ1v) is 10.8. The summed E-state index contributed by atoms with van der Waals surface area (Å²) in [5.74, 6) is 1.52. The molecule has 6 heteroatoms. The maximum absolute atomic E-state index is 8.74. The van der Waals surface area contributed by atoms with Gasteiger partial charge in [-0.25, -0.2) is 0 Å². The number of methoxy groups -OCH3 is 1. The van der Waals surface area contributed by atoms with Gasteiger partial charge in [-0.3, -0.25) is 9.80 Å². The molecule has 29 heavy (non-hydrogen) atoms. The molecule has 1 aliphatic rings. The van der Waals surface area contributed by atoms with E-state index >= 15 is 0 Å². The van der Waals surface area contributed by atoms with Crippen molar-refractivity contribution >= 4 is 15.9 Å². The molecule has 0 saturated carbocycles. The number of nitrogens with zero attached hydrogens (tertiary/aromatic N) is 3. The third-order valence-electron chi connectivity index (χ3n) is 5.18. The van der Waals surface area contributed by atoms with Gasteiger partial charge in [0.2, 0.25) is 0 Å². The van der Waals surface area contributed by atoms with Crippen molar-refractivity contribution in [3.8, 4) is 17.6 Å². The van der Waals surface area contributed by atoms with Gasteiger partial charge in [0.25, 0.3) is 0 Å². The highest BCUT2D eigenvalue weighted by Gasteiger charge is 2.18. The standard InChI is InChI=1S/C23H28BrN3O2/c1-28-22-17-20(18-27-13-11-26(12-14-27)10-5-9-25)16-21(24)23(22)29-15-8-19-6-3-2-4-7-19/h2-4,6-7,16-17H,5,8,10-15,18H2,1H3. The highest BCUT2D eigenvalue weighted by atomic mass is 79.9. The highest BCUT2D eigenvalue weighted by molar-refractivity contribution is 9.10. The average Bonchev–Trinajstić information content (AvgIpc) is 2.75. The van der Waals surface area contributed by atoms with Crippen LogP contribution in [0.2, 0.25) is 0 Å². The van der Waals surface area contributed by atoms with Crippen molar-refractivity contribution in [2.24, 2.45) is 0 Å². The van der Waals surface area contributed by atoms with E-state index in [2.05, 4.69) is 56.1 Å². The zero-order valence-electron chi connectivity index (χ0n) is 16.9. The molecule has 1 saturated heterocycles. The first-order chi connectivity index (χ1) is 14.2. The lowest BCUT2D eigenvalue weighted by Crippen LogP contribution is -2.46. The van der Waals surface area contributed by atoms with E-state index in [0.29, 0.717) is 13.0 Å². The topological polar surface area (TPSA) is 48.7 Å². The molecule has 0 radical (unpaired) electrons. The SMILES string of the molecule is COc1cc(CN2CCN(CCC#N)CC2)cc(Br)c1OCCc1ccccc1. The molecule has 0 unspecified atom stereocenters. The Morgan fingerprint density at radius 3 is 2.45 bits per heavy atom. The number of nitriles is 1. The number of rotatable bonds is 9. The Morgan fingerprint density at radius 2 is 1.76 bits per heavy atom. The summed E-state index contributed by atoms with van der Waals surface area (Å²) in [6.07, 6.45) is 1.46. The monoisotopic (exact) mass is 457 g/mol. The van der Waals surface area contributed by atoms with Crippen LogP contribution in [0.5, 0.6) is 11.5 Å². The van der Waals surface area contributed by atoms with E-state index in [1.165, 1.54) is 11.1 Å². The maximum Gasteiger partial charge on any atom is 0.175 e. The van der Waals surface area contributed by atoms with Crippen molar-refractivity contribution < 1.29 is 9.47 Å². The number of halogens is 1. The Bertz CT molecular complexity index is 815. The van der Waals surface area contributed by atoms with Crippen LogP contribution in [0.4, 0.5) is 0 Å². The lowest BCUT2D eigenvalue weighted by Gasteiger charge is -2.34. The fourth-order valence-electron chi connectivity index (χ4n) is 3.56. The van der Waals surface area contributed by atoms with Crippen LogP contribution >= 0.6 is 15.9 Å². The van der Waals surface area contributed by atoms with Gasteiger partial charge in [-0.2, -0.15) is 5.26 Å². The quantitative estimate of drug-likeness (QED) is 0.566. The first-order valence-electron chi connectivity index (χ1n) is 10.0. The van der Waals surface area contributed by atoms with Crippen LogP contribution in [0.15, 0.2) is 46.9 Å². The number of piperazine rings is 1. The second-order valence-electron chi connectivity index (χ2n) is 7.22. The molecular weight excluding hydrogens is 430 g/mol. The summed E-state index contributed by atoms with van der Waals surface area (Å²) in [5.41, 5.74) is 2.46. The molecule has 5 nitrogen and oxygen atoms in total. The third-order valence-corrected chi connectivity index (χ3v) is 5.77. The predicted molar refractivity (Wildman–Crippen MR) is 118 cm³/mol. The van der Waals surface area contributed by atoms with E-state index in [-0.39, 0.29) is 0 Å². The first kappa shape index (κ1) is 21.6. The van der Waals surface area contributed by atoms with Crippen molar-refractivity contribution in [3.63, 3.8) is 0 Å². The normalized spacial score (nSPS) is 15.1. The summed E-state index contributed by atoms with van der Waals surface area (Å²) in [4.78, 5) is 4.81. The zero-order chi connectivity index (χ0) is 20.5. The minimum Gasteiger partial charge on any atom is -0.493 e. The van der Waals surface area contributed by atoms with E-state index in [1.807, 2.05) is 18.2 Å². The van der Waals surface area contributed by atoms with Gasteiger partial charge in [-0.15, -0.1) is 0 Å². The summed E-state index contributed by atoms with van der Waals surface area (Å²) in [6.45, 7) is 6.41. The minimum absolute atomic E-state index is 0.600. The molecule has 0 spiro atoms. The fraction of sp³-hybridized carbons (Fsp3) is 0.435. The molecule has 0 aliphatic carbocycles. The molecule has 3 rings (SSSR count). The maximum atomic E-state index is 8.74. The van der Waals surface area contributed by atoms with Gasteiger partial charge in [0.15, 0.2) is 11.5 Å². The van der Waals surface area contributed by atoms with Gasteiger partial charge >= 0.3 is 0 Å². The van der Waals surface area contributed by atoms with Crippen LogP contribution in [0, 0.1) is 11.3 Å². The third kappa shape index (κ3) is 6.46. The lowest BCUT2D eigenvalue weighted by molar-refractivity contribution is 0.129. The second kappa shape index (κ2) is 11.2. The molecule has 0 aromatic heterocycles. The van der Waals surface area contributed by atoms with Crippen molar-refractivity contribution in [2.45, 2.75) is 19.4 Å². The van der Waals surface area contributed by atoms with Gasteiger partial charge in [-0.1, -0.05) is 30.3 Å². The number of benzene rings is 2. The van der Waals surface area contributed by atoms with Gasteiger partial charge in [0, 0.05) is 52.1 Å². The van der Waals surface area contributed by atoms with Gasteiger partial charge in [0.1, 0.15) is 0 Å². The van der Waals surface area contributed by atoms with Crippen LogP contribution < -0.4 is 9.47 Å². The highest BCUT2D eigenvalue weighted by Crippen LogP contribution is 2.37. The van der Waals surface area contributed by atoms with Crippen LogP contribution in [0.25, 0.3) is 0 Å². The lowest BCUT2D eigenvalue weighted by atomic mass is 10.1. The van der Waals surface area contributed by atoms with Gasteiger partial charge < -0.3 is 9.47 Å². The van der Waals surface area contributed by atoms with Crippen LogP contribution in [0.3, 0.4) is 0 Å². The Labute approximate surface area is 182 Å². The van der Waals surface area contributed by atoms with E-state index < -0.39 is 0 Å². The summed E-state index contributed by atoms with van der Waals surface area (Å²) in [6, 6.07) is 16.8. The smallest absolute Gasteiger partial charge is 0.175 e. The molecule has 1 aliphatic heterocycles. The average molecular weight is 458 g/mol. The second-order valence-corrected chi connectivity index (χ2v) is 8.07. The number of hydrogen-bond donors (Lipinski definition) is 0. The van der Waals surface area contributed by atoms with E-state index in [9.17, 15) is 0 Å². The molecule has 154 valence electrons. The van der Waals surface area contributed by atoms with Crippen molar-refractivity contribution in [1.82, 2.24) is 9.80 Å². The molecule has 0 bridgehead atoms. The Morgan fingerprint density at radius 1 is 1.03 bits per heavy atom. The zero-order valence-corrected chi connectivity index (χ0v) is 18.5. The number of ether oxygens (including phenoxy) is 2.